The Morgan fingerprint density at radius 3 is 2.17 bits per heavy atom. The molecule has 0 aliphatic carbocycles. The van der Waals surface area contributed by atoms with Gasteiger partial charge in [0.1, 0.15) is 0 Å². The fourth-order valence-corrected chi connectivity index (χ4v) is 3.47. The van der Waals surface area contributed by atoms with Crippen molar-refractivity contribution in [2.24, 2.45) is 5.92 Å². The van der Waals surface area contributed by atoms with E-state index < -0.39 is 7.60 Å². The van der Waals surface area contributed by atoms with Gasteiger partial charge >= 0.3 is 7.60 Å². The smallest absolute Gasteiger partial charge is 0.306 e. The van der Waals surface area contributed by atoms with Crippen molar-refractivity contribution in [2.45, 2.75) is 60.3 Å². The molecule has 108 valence electrons. The Kier molecular flexibility index (Phi) is 9.71. The van der Waals surface area contributed by atoms with E-state index in [0.717, 1.165) is 12.0 Å². The van der Waals surface area contributed by atoms with Gasteiger partial charge in [-0.1, -0.05) is 38.7 Å². The Morgan fingerprint density at radius 2 is 1.72 bits per heavy atom. The lowest BCUT2D eigenvalue weighted by atomic mass is 9.97. The van der Waals surface area contributed by atoms with Gasteiger partial charge in [0.15, 0.2) is 0 Å². The van der Waals surface area contributed by atoms with Crippen LogP contribution >= 0.6 is 7.60 Å². The molecule has 3 nitrogen and oxygen atoms in total. The molecule has 0 spiro atoms. The van der Waals surface area contributed by atoms with Crippen molar-refractivity contribution in [3.63, 3.8) is 0 Å². The molecular formula is C14H29O3P. The Morgan fingerprint density at radius 1 is 1.17 bits per heavy atom. The van der Waals surface area contributed by atoms with Gasteiger partial charge in [0.2, 0.25) is 0 Å². The largest absolute Gasteiger partial charge is 0.354 e. The fourth-order valence-electron chi connectivity index (χ4n) is 1.78. The highest BCUT2D eigenvalue weighted by Gasteiger charge is 2.21. The minimum Gasteiger partial charge on any atom is -0.306 e. The Bertz CT molecular complexity index is 277. The molecule has 0 aromatic heterocycles. The minimum absolute atomic E-state index is 0.408. The third-order valence-corrected chi connectivity index (χ3v) is 4.96. The normalized spacial score (nSPS) is 14.8. The van der Waals surface area contributed by atoms with Crippen LogP contribution in [0.25, 0.3) is 0 Å². The van der Waals surface area contributed by atoms with Gasteiger partial charge in [0.05, 0.1) is 13.2 Å². The van der Waals surface area contributed by atoms with E-state index in [9.17, 15) is 4.57 Å². The van der Waals surface area contributed by atoms with Crippen LogP contribution in [-0.4, -0.2) is 13.2 Å². The maximum Gasteiger partial charge on any atom is 0.354 e. The number of unbranched alkanes of at least 4 members (excludes halogenated alkanes) is 2. The molecule has 1 unspecified atom stereocenters. The lowest BCUT2D eigenvalue weighted by Gasteiger charge is -2.17. The quantitative estimate of drug-likeness (QED) is 0.397. The van der Waals surface area contributed by atoms with Crippen LogP contribution in [-0.2, 0) is 13.6 Å². The molecule has 0 saturated carbocycles. The van der Waals surface area contributed by atoms with Crippen LogP contribution in [0.5, 0.6) is 0 Å². The molecule has 0 aromatic rings. The van der Waals surface area contributed by atoms with Crippen LogP contribution in [0, 0.1) is 5.92 Å². The Balaban J connectivity index is 4.53. The van der Waals surface area contributed by atoms with Crippen LogP contribution in [0.15, 0.2) is 11.4 Å². The summed E-state index contributed by atoms with van der Waals surface area (Å²) in [5.74, 6) is 2.14. The maximum atomic E-state index is 12.3. The van der Waals surface area contributed by atoms with Gasteiger partial charge in [-0.15, -0.1) is 0 Å². The van der Waals surface area contributed by atoms with E-state index in [4.69, 9.17) is 9.05 Å². The predicted octanol–water partition coefficient (Wildman–Crippen LogP) is 5.37. The average Bonchev–Trinajstić information content (AvgIpc) is 2.29. The standard InChI is InChI=1S/C14H29O3P/c1-6-9-10-11-13(4)14(5)12-18(15,16-7-2)17-8-3/h12-13H,6-11H2,1-5H3/b14-12+. The molecular weight excluding hydrogens is 247 g/mol. The topological polar surface area (TPSA) is 35.5 Å². The van der Waals surface area contributed by atoms with Gasteiger partial charge in [-0.05, 0) is 33.1 Å². The lowest BCUT2D eigenvalue weighted by molar-refractivity contribution is 0.228. The molecule has 0 aliphatic rings. The summed E-state index contributed by atoms with van der Waals surface area (Å²) in [4.78, 5) is 0. The van der Waals surface area contributed by atoms with Crippen LogP contribution < -0.4 is 0 Å². The van der Waals surface area contributed by atoms with E-state index in [2.05, 4.69) is 13.8 Å². The van der Waals surface area contributed by atoms with Gasteiger partial charge in [0, 0.05) is 5.82 Å². The van der Waals surface area contributed by atoms with Crippen molar-refractivity contribution in [3.05, 3.63) is 11.4 Å². The SMILES string of the molecule is CCCCCC(C)/C(C)=C/P(=O)(OCC)OCC. The zero-order valence-corrected chi connectivity index (χ0v) is 13.5. The number of allylic oxidation sites excluding steroid dienone is 1. The molecule has 0 aliphatic heterocycles. The van der Waals surface area contributed by atoms with Gasteiger partial charge in [-0.25, -0.2) is 0 Å². The molecule has 0 fully saturated rings. The van der Waals surface area contributed by atoms with Gasteiger partial charge in [-0.2, -0.15) is 0 Å². The first-order chi connectivity index (χ1) is 8.49. The second kappa shape index (κ2) is 9.77. The third-order valence-electron chi connectivity index (χ3n) is 3.00. The Hall–Kier alpha value is -0.110. The van der Waals surface area contributed by atoms with E-state index in [1.165, 1.54) is 19.3 Å². The highest BCUT2D eigenvalue weighted by molar-refractivity contribution is 7.57. The van der Waals surface area contributed by atoms with Crippen LogP contribution in [0.2, 0.25) is 0 Å². The fraction of sp³-hybridized carbons (Fsp3) is 0.857. The van der Waals surface area contributed by atoms with Gasteiger partial charge in [-0.3, -0.25) is 4.57 Å². The molecule has 18 heavy (non-hydrogen) atoms. The maximum absolute atomic E-state index is 12.3. The molecule has 1 atom stereocenters. The molecule has 0 rings (SSSR count). The number of hydrogen-bond acceptors (Lipinski definition) is 3. The highest BCUT2D eigenvalue weighted by atomic mass is 31.2. The first kappa shape index (κ1) is 17.9. The molecule has 0 N–H and O–H groups in total. The molecule has 0 amide bonds. The number of rotatable bonds is 10. The zero-order chi connectivity index (χ0) is 14.0. The van der Waals surface area contributed by atoms with Crippen LogP contribution in [0.1, 0.15) is 60.3 Å². The summed E-state index contributed by atoms with van der Waals surface area (Å²) in [5, 5.41) is 0. The first-order valence-electron chi connectivity index (χ1n) is 7.07. The summed E-state index contributed by atoms with van der Waals surface area (Å²) in [7, 11) is -3.03. The number of hydrogen-bond donors (Lipinski definition) is 0. The van der Waals surface area contributed by atoms with Gasteiger partial charge in [0.25, 0.3) is 0 Å². The minimum atomic E-state index is -3.03. The molecule has 0 saturated heterocycles. The second-order valence-corrected chi connectivity index (χ2v) is 6.50. The van der Waals surface area contributed by atoms with Crippen molar-refractivity contribution in [1.29, 1.82) is 0 Å². The third kappa shape index (κ3) is 7.35. The summed E-state index contributed by atoms with van der Waals surface area (Å²) in [6, 6.07) is 0. The highest BCUT2D eigenvalue weighted by Crippen LogP contribution is 2.51. The van der Waals surface area contributed by atoms with Crippen molar-refractivity contribution in [2.75, 3.05) is 13.2 Å². The average molecular weight is 276 g/mol. The summed E-state index contributed by atoms with van der Waals surface area (Å²) in [6.45, 7) is 10.9. The summed E-state index contributed by atoms with van der Waals surface area (Å²) < 4.78 is 22.9. The Labute approximate surface area is 112 Å². The molecule has 0 heterocycles. The van der Waals surface area contributed by atoms with Crippen molar-refractivity contribution >= 4 is 7.60 Å². The van der Waals surface area contributed by atoms with Crippen molar-refractivity contribution in [1.82, 2.24) is 0 Å². The molecule has 0 bridgehead atoms. The monoisotopic (exact) mass is 276 g/mol. The summed E-state index contributed by atoms with van der Waals surface area (Å²) in [6.07, 6.45) is 4.84. The first-order valence-corrected chi connectivity index (χ1v) is 8.68. The summed E-state index contributed by atoms with van der Waals surface area (Å²) >= 11 is 0. The molecule has 0 radical (unpaired) electrons. The summed E-state index contributed by atoms with van der Waals surface area (Å²) in [5.41, 5.74) is 1.11. The van der Waals surface area contributed by atoms with Crippen molar-refractivity contribution in [3.8, 4) is 0 Å². The predicted molar refractivity (Wildman–Crippen MR) is 77.9 cm³/mol. The lowest BCUT2D eigenvalue weighted by Crippen LogP contribution is -1.99. The molecule has 4 heteroatoms. The van der Waals surface area contributed by atoms with Crippen LogP contribution in [0.4, 0.5) is 0 Å². The van der Waals surface area contributed by atoms with E-state index >= 15 is 0 Å². The van der Waals surface area contributed by atoms with Crippen molar-refractivity contribution < 1.29 is 13.6 Å². The van der Waals surface area contributed by atoms with E-state index in [-0.39, 0.29) is 0 Å². The van der Waals surface area contributed by atoms with Crippen LogP contribution in [0.3, 0.4) is 0 Å². The van der Waals surface area contributed by atoms with E-state index in [1.54, 1.807) is 5.82 Å². The van der Waals surface area contributed by atoms with E-state index in [1.807, 2.05) is 20.8 Å². The zero-order valence-electron chi connectivity index (χ0n) is 12.6. The second-order valence-electron chi connectivity index (χ2n) is 4.65. The van der Waals surface area contributed by atoms with Gasteiger partial charge < -0.3 is 9.05 Å². The molecule has 0 aromatic carbocycles. The van der Waals surface area contributed by atoms with E-state index in [0.29, 0.717) is 19.1 Å².